The number of urea groups is 1. The summed E-state index contributed by atoms with van der Waals surface area (Å²) in [5.74, 6) is 0. The molecule has 1 N–H and O–H groups in total. The summed E-state index contributed by atoms with van der Waals surface area (Å²) in [6.07, 6.45) is 6.27. The Kier molecular flexibility index (Phi) is 4.24. The van der Waals surface area contributed by atoms with E-state index in [1.165, 1.54) is 11.2 Å². The van der Waals surface area contributed by atoms with Crippen LogP contribution in [0.4, 0.5) is 21.9 Å². The van der Waals surface area contributed by atoms with E-state index in [1.807, 2.05) is 43.3 Å². The van der Waals surface area contributed by atoms with E-state index in [-0.39, 0.29) is 6.03 Å². The molecular formula is C17H15N5O. The maximum atomic E-state index is 12.8. The molecule has 0 spiro atoms. The molecule has 1 aromatic carbocycles. The molecule has 2 amide bonds. The quantitative estimate of drug-likeness (QED) is 0.803. The van der Waals surface area contributed by atoms with Crippen LogP contribution in [-0.4, -0.2) is 21.0 Å². The van der Waals surface area contributed by atoms with Crippen LogP contribution >= 0.6 is 0 Å². The van der Waals surface area contributed by atoms with Crippen molar-refractivity contribution in [2.45, 2.75) is 6.92 Å². The van der Waals surface area contributed by atoms with Gasteiger partial charge in [0.1, 0.15) is 6.33 Å². The predicted octanol–water partition coefficient (Wildman–Crippen LogP) is 3.55. The SMILES string of the molecule is Cc1cc(NC(=O)N(c2ccccc2)c2cncnc2)ccn1. The molecule has 0 radical (unpaired) electrons. The van der Waals surface area contributed by atoms with E-state index in [0.717, 1.165) is 11.4 Å². The lowest BCUT2D eigenvalue weighted by Crippen LogP contribution is -2.31. The van der Waals surface area contributed by atoms with Crippen LogP contribution in [0.2, 0.25) is 0 Å². The normalized spacial score (nSPS) is 10.1. The lowest BCUT2D eigenvalue weighted by atomic mass is 10.2. The predicted molar refractivity (Wildman–Crippen MR) is 88.6 cm³/mol. The Morgan fingerprint density at radius 3 is 2.48 bits per heavy atom. The number of nitrogens with one attached hydrogen (secondary N) is 1. The van der Waals surface area contributed by atoms with Crippen molar-refractivity contribution in [3.8, 4) is 0 Å². The third-order valence-corrected chi connectivity index (χ3v) is 3.17. The molecule has 0 saturated carbocycles. The molecule has 6 heteroatoms. The van der Waals surface area contributed by atoms with Gasteiger partial charge in [0.25, 0.3) is 0 Å². The number of anilines is 3. The van der Waals surface area contributed by atoms with Gasteiger partial charge in [-0.1, -0.05) is 18.2 Å². The fourth-order valence-corrected chi connectivity index (χ4v) is 2.17. The van der Waals surface area contributed by atoms with Gasteiger partial charge in [-0.15, -0.1) is 0 Å². The van der Waals surface area contributed by atoms with Crippen LogP contribution in [0.3, 0.4) is 0 Å². The molecule has 2 heterocycles. The Labute approximate surface area is 133 Å². The van der Waals surface area contributed by atoms with E-state index in [0.29, 0.717) is 11.4 Å². The third kappa shape index (κ3) is 3.49. The highest BCUT2D eigenvalue weighted by atomic mass is 16.2. The Balaban J connectivity index is 1.94. The number of pyridine rings is 1. The lowest BCUT2D eigenvalue weighted by Gasteiger charge is -2.22. The highest BCUT2D eigenvalue weighted by Crippen LogP contribution is 2.24. The van der Waals surface area contributed by atoms with Crippen LogP contribution < -0.4 is 10.2 Å². The van der Waals surface area contributed by atoms with E-state index in [4.69, 9.17) is 0 Å². The minimum atomic E-state index is -0.295. The summed E-state index contributed by atoms with van der Waals surface area (Å²) in [6, 6.07) is 12.6. The number of rotatable bonds is 3. The molecule has 6 nitrogen and oxygen atoms in total. The van der Waals surface area contributed by atoms with Crippen LogP contribution in [0.1, 0.15) is 5.69 Å². The van der Waals surface area contributed by atoms with Gasteiger partial charge in [0, 0.05) is 17.6 Å². The summed E-state index contributed by atoms with van der Waals surface area (Å²) in [5.41, 5.74) is 2.82. The second kappa shape index (κ2) is 6.65. The monoisotopic (exact) mass is 305 g/mol. The summed E-state index contributed by atoms with van der Waals surface area (Å²) in [6.45, 7) is 1.87. The first-order valence-electron chi connectivity index (χ1n) is 7.08. The molecule has 3 aromatic rings. The lowest BCUT2D eigenvalue weighted by molar-refractivity contribution is 0.259. The van der Waals surface area contributed by atoms with Gasteiger partial charge in [-0.25, -0.2) is 14.8 Å². The molecule has 0 aliphatic carbocycles. The van der Waals surface area contributed by atoms with Gasteiger partial charge in [0.05, 0.1) is 23.8 Å². The summed E-state index contributed by atoms with van der Waals surface area (Å²) < 4.78 is 0. The Hall–Kier alpha value is -3.28. The number of nitrogens with zero attached hydrogens (tertiary/aromatic N) is 4. The first-order chi connectivity index (χ1) is 11.2. The molecule has 0 aliphatic rings. The van der Waals surface area contributed by atoms with Gasteiger partial charge >= 0.3 is 6.03 Å². The second-order valence-corrected chi connectivity index (χ2v) is 4.88. The minimum absolute atomic E-state index is 0.295. The van der Waals surface area contributed by atoms with Crippen molar-refractivity contribution in [2.75, 3.05) is 10.2 Å². The molecule has 114 valence electrons. The maximum Gasteiger partial charge on any atom is 0.331 e. The Morgan fingerprint density at radius 1 is 1.04 bits per heavy atom. The topological polar surface area (TPSA) is 71.0 Å². The van der Waals surface area contributed by atoms with Gasteiger partial charge in [0.2, 0.25) is 0 Å². The van der Waals surface area contributed by atoms with Crippen LogP contribution in [-0.2, 0) is 0 Å². The summed E-state index contributed by atoms with van der Waals surface area (Å²) in [7, 11) is 0. The van der Waals surface area contributed by atoms with E-state index >= 15 is 0 Å². The fraction of sp³-hybridized carbons (Fsp3) is 0.0588. The highest BCUT2D eigenvalue weighted by molar-refractivity contribution is 6.06. The molecule has 0 atom stereocenters. The van der Waals surface area contributed by atoms with Crippen LogP contribution in [0.25, 0.3) is 0 Å². The first-order valence-corrected chi connectivity index (χ1v) is 7.08. The molecule has 0 fully saturated rings. The number of benzene rings is 1. The van der Waals surface area contributed by atoms with Gasteiger partial charge in [-0.05, 0) is 31.2 Å². The Bertz CT molecular complexity index is 753. The number of para-hydroxylation sites is 1. The minimum Gasteiger partial charge on any atom is -0.307 e. The van der Waals surface area contributed by atoms with Crippen LogP contribution in [0, 0.1) is 6.92 Å². The molecule has 0 saturated heterocycles. The van der Waals surface area contributed by atoms with Crippen molar-refractivity contribution >= 4 is 23.1 Å². The van der Waals surface area contributed by atoms with Gasteiger partial charge in [-0.3, -0.25) is 9.88 Å². The van der Waals surface area contributed by atoms with E-state index in [1.54, 1.807) is 24.7 Å². The molecule has 0 aliphatic heterocycles. The zero-order valence-electron chi connectivity index (χ0n) is 12.5. The van der Waals surface area contributed by atoms with Crippen molar-refractivity contribution < 1.29 is 4.79 Å². The summed E-state index contributed by atoms with van der Waals surface area (Å²) in [5, 5.41) is 2.87. The molecule has 3 rings (SSSR count). The smallest absolute Gasteiger partial charge is 0.307 e. The number of aromatic nitrogens is 3. The van der Waals surface area contributed by atoms with Crippen LogP contribution in [0.15, 0.2) is 67.4 Å². The molecule has 0 bridgehead atoms. The van der Waals surface area contributed by atoms with E-state index in [2.05, 4.69) is 20.3 Å². The molecule has 0 unspecified atom stereocenters. The number of hydrogen-bond donors (Lipinski definition) is 1. The van der Waals surface area contributed by atoms with Crippen molar-refractivity contribution in [1.82, 2.24) is 15.0 Å². The zero-order valence-corrected chi connectivity index (χ0v) is 12.5. The van der Waals surface area contributed by atoms with Crippen molar-refractivity contribution in [3.05, 3.63) is 73.1 Å². The largest absolute Gasteiger partial charge is 0.331 e. The summed E-state index contributed by atoms with van der Waals surface area (Å²) in [4.78, 5) is 26.4. The van der Waals surface area contributed by atoms with Crippen molar-refractivity contribution in [2.24, 2.45) is 0 Å². The highest BCUT2D eigenvalue weighted by Gasteiger charge is 2.18. The average Bonchev–Trinajstić information content (AvgIpc) is 2.57. The first kappa shape index (κ1) is 14.6. The van der Waals surface area contributed by atoms with E-state index < -0.39 is 0 Å². The number of carbonyl (C=O) groups is 1. The van der Waals surface area contributed by atoms with Crippen molar-refractivity contribution in [3.63, 3.8) is 0 Å². The van der Waals surface area contributed by atoms with Crippen LogP contribution in [0.5, 0.6) is 0 Å². The average molecular weight is 305 g/mol. The maximum absolute atomic E-state index is 12.8. The summed E-state index contributed by atoms with van der Waals surface area (Å²) >= 11 is 0. The van der Waals surface area contributed by atoms with E-state index in [9.17, 15) is 4.79 Å². The fourth-order valence-electron chi connectivity index (χ4n) is 2.17. The molecular weight excluding hydrogens is 290 g/mol. The van der Waals surface area contributed by atoms with Gasteiger partial charge < -0.3 is 5.32 Å². The van der Waals surface area contributed by atoms with Crippen molar-refractivity contribution in [1.29, 1.82) is 0 Å². The van der Waals surface area contributed by atoms with Gasteiger partial charge in [-0.2, -0.15) is 0 Å². The standard InChI is InChI=1S/C17H15N5O/c1-13-9-14(7-8-20-13)21-17(23)22(15-5-3-2-4-6-15)16-10-18-12-19-11-16/h2-12H,1H3,(H,20,21,23). The number of carbonyl (C=O) groups excluding carboxylic acids is 1. The van der Waals surface area contributed by atoms with Gasteiger partial charge in [0.15, 0.2) is 0 Å². The zero-order chi connectivity index (χ0) is 16.1. The third-order valence-electron chi connectivity index (χ3n) is 3.17. The molecule has 23 heavy (non-hydrogen) atoms. The number of hydrogen-bond acceptors (Lipinski definition) is 4. The number of amides is 2. The molecule has 2 aromatic heterocycles. The number of aryl methyl sites for hydroxylation is 1. The Morgan fingerprint density at radius 2 is 1.78 bits per heavy atom. The second-order valence-electron chi connectivity index (χ2n) is 4.88.